The second-order valence-corrected chi connectivity index (χ2v) is 3.18. The number of carbonyl (C=O) groups is 1. The number of halogens is 1. The minimum absolute atomic E-state index is 0.0304. The lowest BCUT2D eigenvalue weighted by atomic mass is 10.1. The van der Waals surface area contributed by atoms with Crippen LogP contribution in [0.1, 0.15) is 15.9 Å². The largest absolute Gasteiger partial charge is 0.478 e. The fourth-order valence-electron chi connectivity index (χ4n) is 1.14. The fourth-order valence-corrected chi connectivity index (χ4v) is 1.38. The lowest BCUT2D eigenvalue weighted by Crippen LogP contribution is -2.04. The normalized spacial score (nSPS) is 9.79. The Labute approximate surface area is 86.8 Å². The number of nitrogen functional groups attached to an aromatic ring is 1. The van der Waals surface area contributed by atoms with Crippen LogP contribution >= 0.6 is 11.6 Å². The van der Waals surface area contributed by atoms with E-state index in [-0.39, 0.29) is 11.3 Å². The van der Waals surface area contributed by atoms with E-state index in [9.17, 15) is 4.79 Å². The third-order valence-electron chi connectivity index (χ3n) is 1.85. The Kier molecular flexibility index (Phi) is 3.14. The summed E-state index contributed by atoms with van der Waals surface area (Å²) in [4.78, 5) is 10.7. The number of allylic oxidation sites excluding steroid dienone is 1. The minimum Gasteiger partial charge on any atom is -0.478 e. The van der Waals surface area contributed by atoms with Crippen molar-refractivity contribution in [2.45, 2.75) is 6.42 Å². The second-order valence-electron chi connectivity index (χ2n) is 2.80. The fraction of sp³-hybridized carbons (Fsp3) is 0.100. The smallest absolute Gasteiger partial charge is 0.337 e. The number of benzene rings is 1. The van der Waals surface area contributed by atoms with Crippen LogP contribution in [0, 0.1) is 0 Å². The molecule has 0 heterocycles. The molecule has 0 spiro atoms. The van der Waals surface area contributed by atoms with Gasteiger partial charge in [0.25, 0.3) is 0 Å². The zero-order valence-corrected chi connectivity index (χ0v) is 8.21. The minimum atomic E-state index is -1.07. The number of aromatic carboxylic acids is 1. The Balaban J connectivity index is 3.25. The van der Waals surface area contributed by atoms with Crippen LogP contribution in [0.15, 0.2) is 24.8 Å². The lowest BCUT2D eigenvalue weighted by molar-refractivity contribution is 0.0698. The molecule has 1 rings (SSSR count). The maximum absolute atomic E-state index is 10.7. The van der Waals surface area contributed by atoms with E-state index in [4.69, 9.17) is 22.4 Å². The van der Waals surface area contributed by atoms with E-state index in [1.165, 1.54) is 6.07 Å². The summed E-state index contributed by atoms with van der Waals surface area (Å²) in [6.45, 7) is 3.57. The van der Waals surface area contributed by atoms with Gasteiger partial charge in [-0.25, -0.2) is 4.79 Å². The highest BCUT2D eigenvalue weighted by Crippen LogP contribution is 2.27. The average Bonchev–Trinajstić information content (AvgIpc) is 2.13. The first kappa shape index (κ1) is 10.6. The molecule has 0 aliphatic rings. The first-order valence-electron chi connectivity index (χ1n) is 3.99. The molecular weight excluding hydrogens is 202 g/mol. The highest BCUT2D eigenvalue weighted by molar-refractivity contribution is 6.34. The predicted molar refractivity (Wildman–Crippen MR) is 56.7 cm³/mol. The molecule has 4 heteroatoms. The van der Waals surface area contributed by atoms with Crippen LogP contribution < -0.4 is 5.73 Å². The summed E-state index contributed by atoms with van der Waals surface area (Å²) in [7, 11) is 0. The Morgan fingerprint density at radius 1 is 1.64 bits per heavy atom. The van der Waals surface area contributed by atoms with Crippen molar-refractivity contribution in [2.75, 3.05) is 5.73 Å². The standard InChI is InChI=1S/C10H10ClNO2/c1-2-3-6-4-5-7(10(13)14)9(12)8(6)11/h2,4-5H,1,3,12H2,(H,13,14). The molecule has 1 aromatic rings. The molecule has 1 aromatic carbocycles. The maximum atomic E-state index is 10.7. The van der Waals surface area contributed by atoms with Gasteiger partial charge < -0.3 is 10.8 Å². The molecule has 3 nitrogen and oxygen atoms in total. The van der Waals surface area contributed by atoms with Crippen molar-refractivity contribution in [3.8, 4) is 0 Å². The number of hydrogen-bond donors (Lipinski definition) is 2. The van der Waals surface area contributed by atoms with Gasteiger partial charge in [-0.2, -0.15) is 0 Å². The second kappa shape index (κ2) is 4.15. The van der Waals surface area contributed by atoms with Gasteiger partial charge in [0.05, 0.1) is 16.3 Å². The molecule has 0 bridgehead atoms. The lowest BCUT2D eigenvalue weighted by Gasteiger charge is -2.07. The van der Waals surface area contributed by atoms with Crippen molar-refractivity contribution >= 4 is 23.3 Å². The molecule has 0 atom stereocenters. The number of nitrogens with two attached hydrogens (primary N) is 1. The van der Waals surface area contributed by atoms with Crippen LogP contribution in [0.2, 0.25) is 5.02 Å². The number of carboxylic acid groups (broad SMARTS) is 1. The zero-order chi connectivity index (χ0) is 10.7. The van der Waals surface area contributed by atoms with Crippen LogP contribution in [0.25, 0.3) is 0 Å². The first-order chi connectivity index (χ1) is 6.57. The van der Waals surface area contributed by atoms with Crippen LogP contribution in [-0.2, 0) is 6.42 Å². The highest BCUT2D eigenvalue weighted by Gasteiger charge is 2.12. The van der Waals surface area contributed by atoms with E-state index in [0.717, 1.165) is 5.56 Å². The van der Waals surface area contributed by atoms with Gasteiger partial charge in [0.1, 0.15) is 0 Å². The molecule has 0 aliphatic heterocycles. The SMILES string of the molecule is C=CCc1ccc(C(=O)O)c(N)c1Cl. The summed E-state index contributed by atoms with van der Waals surface area (Å²) in [6, 6.07) is 3.09. The molecule has 0 aromatic heterocycles. The first-order valence-corrected chi connectivity index (χ1v) is 4.36. The molecule has 0 saturated heterocycles. The molecule has 0 fully saturated rings. The van der Waals surface area contributed by atoms with Crippen LogP contribution in [-0.4, -0.2) is 11.1 Å². The quantitative estimate of drug-likeness (QED) is 0.596. The van der Waals surface area contributed by atoms with E-state index in [1.54, 1.807) is 12.1 Å². The third kappa shape index (κ3) is 1.88. The van der Waals surface area contributed by atoms with Crippen molar-refractivity contribution in [2.24, 2.45) is 0 Å². The molecule has 0 aliphatic carbocycles. The van der Waals surface area contributed by atoms with Gasteiger partial charge in [0, 0.05) is 0 Å². The zero-order valence-electron chi connectivity index (χ0n) is 7.46. The van der Waals surface area contributed by atoms with Gasteiger partial charge >= 0.3 is 5.97 Å². The molecule has 3 N–H and O–H groups in total. The maximum Gasteiger partial charge on any atom is 0.337 e. The van der Waals surface area contributed by atoms with Crippen molar-refractivity contribution in [3.05, 3.63) is 40.9 Å². The summed E-state index contributed by atoms with van der Waals surface area (Å²) in [5, 5.41) is 9.05. The summed E-state index contributed by atoms with van der Waals surface area (Å²) in [5.74, 6) is -1.07. The van der Waals surface area contributed by atoms with E-state index in [2.05, 4.69) is 6.58 Å². The summed E-state index contributed by atoms with van der Waals surface area (Å²) < 4.78 is 0. The van der Waals surface area contributed by atoms with Crippen molar-refractivity contribution in [1.29, 1.82) is 0 Å². The molecule has 0 radical (unpaired) electrons. The molecule has 0 saturated carbocycles. The van der Waals surface area contributed by atoms with Crippen molar-refractivity contribution in [3.63, 3.8) is 0 Å². The van der Waals surface area contributed by atoms with Gasteiger partial charge in [-0.1, -0.05) is 23.7 Å². The molecule has 0 unspecified atom stereocenters. The van der Waals surface area contributed by atoms with Gasteiger partial charge in [-0.15, -0.1) is 6.58 Å². The summed E-state index contributed by atoms with van der Waals surface area (Å²) in [5.41, 5.74) is 6.49. The van der Waals surface area contributed by atoms with Crippen LogP contribution in [0.5, 0.6) is 0 Å². The average molecular weight is 212 g/mol. The van der Waals surface area contributed by atoms with Crippen LogP contribution in [0.3, 0.4) is 0 Å². The van der Waals surface area contributed by atoms with Crippen molar-refractivity contribution < 1.29 is 9.90 Å². The van der Waals surface area contributed by atoms with E-state index in [0.29, 0.717) is 11.4 Å². The predicted octanol–water partition coefficient (Wildman–Crippen LogP) is 2.35. The molecule has 14 heavy (non-hydrogen) atoms. The highest BCUT2D eigenvalue weighted by atomic mass is 35.5. The Hall–Kier alpha value is -1.48. The monoisotopic (exact) mass is 211 g/mol. The topological polar surface area (TPSA) is 63.3 Å². The summed E-state index contributed by atoms with van der Waals surface area (Å²) >= 11 is 5.89. The van der Waals surface area contributed by atoms with Gasteiger partial charge in [-0.3, -0.25) is 0 Å². The van der Waals surface area contributed by atoms with Gasteiger partial charge in [0.15, 0.2) is 0 Å². The molecule has 74 valence electrons. The summed E-state index contributed by atoms with van der Waals surface area (Å²) in [6.07, 6.45) is 2.25. The number of anilines is 1. The van der Waals surface area contributed by atoms with Crippen LogP contribution in [0.4, 0.5) is 5.69 Å². The third-order valence-corrected chi connectivity index (χ3v) is 2.30. The molecule has 0 amide bonds. The Morgan fingerprint density at radius 2 is 2.29 bits per heavy atom. The Bertz CT molecular complexity index is 388. The van der Waals surface area contributed by atoms with Gasteiger partial charge in [0.2, 0.25) is 0 Å². The van der Waals surface area contributed by atoms with Gasteiger partial charge in [-0.05, 0) is 18.1 Å². The van der Waals surface area contributed by atoms with E-state index >= 15 is 0 Å². The number of hydrogen-bond acceptors (Lipinski definition) is 2. The number of carboxylic acids is 1. The number of rotatable bonds is 3. The van der Waals surface area contributed by atoms with E-state index in [1.807, 2.05) is 0 Å². The Morgan fingerprint density at radius 3 is 2.79 bits per heavy atom. The molecular formula is C10H10ClNO2. The van der Waals surface area contributed by atoms with Crippen molar-refractivity contribution in [1.82, 2.24) is 0 Å². The van der Waals surface area contributed by atoms with E-state index < -0.39 is 5.97 Å².